The average Bonchev–Trinajstić information content (AvgIpc) is 2.69. The van der Waals surface area contributed by atoms with Crippen molar-refractivity contribution >= 4 is 5.97 Å². The van der Waals surface area contributed by atoms with Crippen molar-refractivity contribution in [3.05, 3.63) is 84.4 Å². The molecule has 0 aliphatic carbocycles. The van der Waals surface area contributed by atoms with E-state index in [1.54, 1.807) is 31.7 Å². The zero-order valence-corrected chi connectivity index (χ0v) is 16.0. The Balaban J connectivity index is 0.000000198. The lowest BCUT2D eigenvalue weighted by atomic mass is 9.97. The maximum atomic E-state index is 10.8. The molecule has 0 fully saturated rings. The number of rotatable bonds is 5. The normalized spacial score (nSPS) is 11.4. The van der Waals surface area contributed by atoms with E-state index < -0.39 is 11.9 Å². The third kappa shape index (κ3) is 6.66. The summed E-state index contributed by atoms with van der Waals surface area (Å²) in [6.45, 7) is 6.06. The molecule has 3 rings (SSSR count). The first kappa shape index (κ1) is 20.3. The first-order valence-corrected chi connectivity index (χ1v) is 9.09. The van der Waals surface area contributed by atoms with E-state index in [0.29, 0.717) is 5.92 Å². The summed E-state index contributed by atoms with van der Waals surface area (Å²) < 4.78 is 0. The Morgan fingerprint density at radius 2 is 1.26 bits per heavy atom. The smallest absolute Gasteiger partial charge is 0.310 e. The van der Waals surface area contributed by atoms with Crippen LogP contribution in [-0.4, -0.2) is 21.0 Å². The molecule has 1 unspecified atom stereocenters. The fraction of sp³-hybridized carbons (Fsp3) is 0.261. The topological polar surface area (TPSA) is 63.1 Å². The SMILES string of the molecule is CC(C)Cc1ccc(C(C)C(=O)O)cc1.c1cc(-c2ccncc2)ccn1. The van der Waals surface area contributed by atoms with Gasteiger partial charge in [-0.2, -0.15) is 0 Å². The molecule has 0 radical (unpaired) electrons. The highest BCUT2D eigenvalue weighted by Gasteiger charge is 2.12. The van der Waals surface area contributed by atoms with Gasteiger partial charge in [-0.1, -0.05) is 38.1 Å². The Hall–Kier alpha value is -3.01. The van der Waals surface area contributed by atoms with Crippen LogP contribution in [0.2, 0.25) is 0 Å². The molecule has 0 aliphatic rings. The first-order chi connectivity index (χ1) is 13.0. The van der Waals surface area contributed by atoms with Crippen molar-refractivity contribution in [3.63, 3.8) is 0 Å². The third-order valence-corrected chi connectivity index (χ3v) is 4.19. The number of aliphatic carboxylic acids is 1. The number of carbonyl (C=O) groups is 1. The third-order valence-electron chi connectivity index (χ3n) is 4.19. The molecule has 0 saturated carbocycles. The Morgan fingerprint density at radius 3 is 1.63 bits per heavy atom. The van der Waals surface area contributed by atoms with Gasteiger partial charge in [0.05, 0.1) is 5.92 Å². The number of hydrogen-bond donors (Lipinski definition) is 1. The second-order valence-corrected chi connectivity index (χ2v) is 6.87. The van der Waals surface area contributed by atoms with Crippen molar-refractivity contribution < 1.29 is 9.90 Å². The number of hydrogen-bond acceptors (Lipinski definition) is 3. The van der Waals surface area contributed by atoms with Crippen molar-refractivity contribution in [1.29, 1.82) is 0 Å². The van der Waals surface area contributed by atoms with E-state index in [1.807, 2.05) is 48.5 Å². The molecule has 3 aromatic rings. The molecule has 1 N–H and O–H groups in total. The van der Waals surface area contributed by atoms with E-state index in [-0.39, 0.29) is 0 Å². The maximum Gasteiger partial charge on any atom is 0.310 e. The monoisotopic (exact) mass is 362 g/mol. The summed E-state index contributed by atoms with van der Waals surface area (Å²) in [6.07, 6.45) is 8.19. The van der Waals surface area contributed by atoms with Crippen molar-refractivity contribution in [2.24, 2.45) is 5.92 Å². The predicted octanol–water partition coefficient (Wildman–Crippen LogP) is 5.22. The second kappa shape index (κ2) is 10.2. The van der Waals surface area contributed by atoms with Gasteiger partial charge in [-0.25, -0.2) is 0 Å². The van der Waals surface area contributed by atoms with Crippen LogP contribution in [0.1, 0.15) is 37.8 Å². The van der Waals surface area contributed by atoms with E-state index in [9.17, 15) is 4.79 Å². The summed E-state index contributed by atoms with van der Waals surface area (Å²) in [4.78, 5) is 18.7. The number of carboxylic acids is 1. The molecule has 2 heterocycles. The first-order valence-electron chi connectivity index (χ1n) is 9.09. The Morgan fingerprint density at radius 1 is 0.815 bits per heavy atom. The van der Waals surface area contributed by atoms with Gasteiger partial charge in [-0.3, -0.25) is 14.8 Å². The highest BCUT2D eigenvalue weighted by atomic mass is 16.4. The molecular formula is C23H26N2O2. The molecule has 0 amide bonds. The van der Waals surface area contributed by atoms with Gasteiger partial charge in [0.15, 0.2) is 0 Å². The van der Waals surface area contributed by atoms with E-state index in [1.165, 1.54) is 16.7 Å². The minimum atomic E-state index is -0.772. The Bertz CT molecular complexity index is 779. The van der Waals surface area contributed by atoms with Crippen molar-refractivity contribution in [2.75, 3.05) is 0 Å². The molecule has 0 aliphatic heterocycles. The summed E-state index contributed by atoms with van der Waals surface area (Å²) in [5.74, 6) is -0.558. The van der Waals surface area contributed by atoms with E-state index in [4.69, 9.17) is 5.11 Å². The molecular weight excluding hydrogens is 336 g/mol. The molecule has 0 saturated heterocycles. The largest absolute Gasteiger partial charge is 0.481 e. The molecule has 0 bridgehead atoms. The van der Waals surface area contributed by atoms with Gasteiger partial charge in [0.2, 0.25) is 0 Å². The van der Waals surface area contributed by atoms with Crippen LogP contribution in [0.3, 0.4) is 0 Å². The number of nitrogens with zero attached hydrogens (tertiary/aromatic N) is 2. The molecule has 1 atom stereocenters. The molecule has 2 aromatic heterocycles. The van der Waals surface area contributed by atoms with Crippen molar-refractivity contribution in [3.8, 4) is 11.1 Å². The highest BCUT2D eigenvalue weighted by Crippen LogP contribution is 2.17. The summed E-state index contributed by atoms with van der Waals surface area (Å²) in [6, 6.07) is 15.8. The summed E-state index contributed by atoms with van der Waals surface area (Å²) in [5.41, 5.74) is 4.49. The Labute approximate surface area is 161 Å². The Kier molecular flexibility index (Phi) is 7.68. The van der Waals surface area contributed by atoms with Crippen LogP contribution in [0.4, 0.5) is 0 Å². The zero-order chi connectivity index (χ0) is 19.6. The van der Waals surface area contributed by atoms with Crippen LogP contribution >= 0.6 is 0 Å². The van der Waals surface area contributed by atoms with Gasteiger partial charge in [0.25, 0.3) is 0 Å². The molecule has 1 aromatic carbocycles. The quantitative estimate of drug-likeness (QED) is 0.676. The number of aromatic nitrogens is 2. The van der Waals surface area contributed by atoms with Crippen LogP contribution in [0.5, 0.6) is 0 Å². The van der Waals surface area contributed by atoms with Gasteiger partial charge < -0.3 is 5.11 Å². The van der Waals surface area contributed by atoms with Crippen LogP contribution in [0, 0.1) is 5.92 Å². The molecule has 4 nitrogen and oxygen atoms in total. The van der Waals surface area contributed by atoms with E-state index in [2.05, 4.69) is 23.8 Å². The fourth-order valence-electron chi connectivity index (χ4n) is 2.65. The van der Waals surface area contributed by atoms with Gasteiger partial charge in [-0.05, 0) is 65.8 Å². The minimum Gasteiger partial charge on any atom is -0.481 e. The van der Waals surface area contributed by atoms with Crippen molar-refractivity contribution in [1.82, 2.24) is 9.97 Å². The average molecular weight is 362 g/mol. The molecule has 27 heavy (non-hydrogen) atoms. The van der Waals surface area contributed by atoms with Crippen LogP contribution < -0.4 is 0 Å². The lowest BCUT2D eigenvalue weighted by Gasteiger charge is -2.09. The summed E-state index contributed by atoms with van der Waals surface area (Å²) >= 11 is 0. The lowest BCUT2D eigenvalue weighted by molar-refractivity contribution is -0.138. The second-order valence-electron chi connectivity index (χ2n) is 6.87. The fourth-order valence-corrected chi connectivity index (χ4v) is 2.65. The van der Waals surface area contributed by atoms with Gasteiger partial charge in [0.1, 0.15) is 0 Å². The van der Waals surface area contributed by atoms with E-state index >= 15 is 0 Å². The zero-order valence-electron chi connectivity index (χ0n) is 16.0. The standard InChI is InChI=1S/C13H18O2.C10H8N2/c1-9(2)8-11-4-6-12(7-5-11)10(3)13(14)15;1-5-11-6-2-9(1)10-3-7-12-8-4-10/h4-7,9-10H,8H2,1-3H3,(H,14,15);1-8H. The van der Waals surface area contributed by atoms with Crippen LogP contribution in [-0.2, 0) is 11.2 Å². The number of carboxylic acid groups (broad SMARTS) is 1. The minimum absolute atomic E-state index is 0.418. The van der Waals surface area contributed by atoms with Gasteiger partial charge in [0, 0.05) is 24.8 Å². The van der Waals surface area contributed by atoms with Crippen LogP contribution in [0.15, 0.2) is 73.3 Å². The number of benzene rings is 1. The number of pyridine rings is 2. The van der Waals surface area contributed by atoms with E-state index in [0.717, 1.165) is 12.0 Å². The van der Waals surface area contributed by atoms with Crippen LogP contribution in [0.25, 0.3) is 11.1 Å². The van der Waals surface area contributed by atoms with Gasteiger partial charge >= 0.3 is 5.97 Å². The van der Waals surface area contributed by atoms with Gasteiger partial charge in [-0.15, -0.1) is 0 Å². The highest BCUT2D eigenvalue weighted by molar-refractivity contribution is 5.75. The maximum absolute atomic E-state index is 10.8. The summed E-state index contributed by atoms with van der Waals surface area (Å²) in [7, 11) is 0. The van der Waals surface area contributed by atoms with Crippen molar-refractivity contribution in [2.45, 2.75) is 33.1 Å². The molecule has 4 heteroatoms. The lowest BCUT2D eigenvalue weighted by Crippen LogP contribution is -2.07. The summed E-state index contributed by atoms with van der Waals surface area (Å²) in [5, 5.41) is 8.85. The molecule has 0 spiro atoms. The molecule has 140 valence electrons. The predicted molar refractivity (Wildman–Crippen MR) is 109 cm³/mol.